The molecule has 0 fully saturated rings. The van der Waals surface area contributed by atoms with Gasteiger partial charge in [-0.3, -0.25) is 10.1 Å². The molecule has 1 aromatic carbocycles. The van der Waals surface area contributed by atoms with Crippen LogP contribution in [0.5, 0.6) is 5.75 Å². The van der Waals surface area contributed by atoms with E-state index in [0.717, 1.165) is 16.8 Å². The van der Waals surface area contributed by atoms with Crippen molar-refractivity contribution in [2.45, 2.75) is 20.4 Å². The Balaban J connectivity index is 2.39. The number of halogens is 3. The number of hydrogen-bond donors (Lipinski definition) is 2. The second-order valence-electron chi connectivity index (χ2n) is 4.62. The summed E-state index contributed by atoms with van der Waals surface area (Å²) in [6.45, 7) is 3.05. The largest absolute Gasteiger partial charge is 0.494 e. The minimum Gasteiger partial charge on any atom is -0.494 e. The highest BCUT2D eigenvalue weighted by Gasteiger charge is 2.19. The molecule has 0 bridgehead atoms. The van der Waals surface area contributed by atoms with Gasteiger partial charge in [0.1, 0.15) is 23.2 Å². The van der Waals surface area contributed by atoms with Crippen molar-refractivity contribution in [1.82, 2.24) is 9.78 Å². The Morgan fingerprint density at radius 1 is 1.32 bits per heavy atom. The van der Waals surface area contributed by atoms with Gasteiger partial charge in [-0.05, 0) is 13.8 Å². The van der Waals surface area contributed by atoms with Gasteiger partial charge in [0, 0.05) is 17.7 Å². The molecule has 0 spiro atoms. The Morgan fingerprint density at radius 3 is 2.36 bits per heavy atom. The van der Waals surface area contributed by atoms with E-state index in [0.29, 0.717) is 0 Å². The molecule has 8 heteroatoms. The number of nitrogens with one attached hydrogen (secondary N) is 1. The van der Waals surface area contributed by atoms with E-state index in [4.69, 9.17) is 15.9 Å². The van der Waals surface area contributed by atoms with Crippen molar-refractivity contribution < 1.29 is 17.9 Å². The molecule has 0 saturated carbocycles. The fourth-order valence-electron chi connectivity index (χ4n) is 1.98. The molecule has 1 aromatic heterocycles. The van der Waals surface area contributed by atoms with E-state index >= 15 is 0 Å². The normalized spacial score (nSPS) is 10.8. The lowest BCUT2D eigenvalue weighted by Crippen LogP contribution is -2.14. The van der Waals surface area contributed by atoms with Crippen molar-refractivity contribution in [3.63, 3.8) is 0 Å². The number of aromatic nitrogens is 2. The number of nitrogens with two attached hydrogens (primary N) is 1. The van der Waals surface area contributed by atoms with Crippen molar-refractivity contribution in [3.8, 4) is 5.75 Å². The number of benzene rings is 1. The van der Waals surface area contributed by atoms with Crippen LogP contribution in [-0.2, 0) is 6.54 Å². The van der Waals surface area contributed by atoms with Gasteiger partial charge in [0.25, 0.3) is 0 Å². The quantitative estimate of drug-likeness (QED) is 0.657. The molecule has 0 aliphatic carbocycles. The first-order valence-corrected chi connectivity index (χ1v) is 6.53. The van der Waals surface area contributed by atoms with Gasteiger partial charge in [0.2, 0.25) is 0 Å². The van der Waals surface area contributed by atoms with E-state index in [1.807, 2.05) is 0 Å². The Bertz CT molecular complexity index is 704. The topological polar surface area (TPSA) is 76.9 Å². The van der Waals surface area contributed by atoms with Crippen LogP contribution in [0.4, 0.5) is 13.2 Å². The summed E-state index contributed by atoms with van der Waals surface area (Å²) in [6.07, 6.45) is 0. The minimum atomic E-state index is -0.817. The molecular formula is C14H15F3N4O. The maximum atomic E-state index is 14.0. The number of ether oxygens (including phenoxy) is 1. The number of nitrogen functional groups attached to an aromatic ring is 1. The van der Waals surface area contributed by atoms with Gasteiger partial charge < -0.3 is 10.5 Å². The number of nitrogens with zero attached hydrogens (tertiary/aromatic N) is 2. The monoisotopic (exact) mass is 312 g/mol. The summed E-state index contributed by atoms with van der Waals surface area (Å²) in [6, 6.07) is 2.12. The lowest BCUT2D eigenvalue weighted by atomic mass is 10.2. The SMILES string of the molecule is CCOc1cc(F)c(Cn2nc(C(=N)N)c(F)c2C)c(F)c1. The van der Waals surface area contributed by atoms with Crippen molar-refractivity contribution >= 4 is 5.84 Å². The maximum absolute atomic E-state index is 14.0. The summed E-state index contributed by atoms with van der Waals surface area (Å²) >= 11 is 0. The average Bonchev–Trinajstić information content (AvgIpc) is 2.71. The predicted molar refractivity (Wildman–Crippen MR) is 74.6 cm³/mol. The van der Waals surface area contributed by atoms with Crippen LogP contribution < -0.4 is 10.5 Å². The van der Waals surface area contributed by atoms with Gasteiger partial charge >= 0.3 is 0 Å². The van der Waals surface area contributed by atoms with E-state index in [9.17, 15) is 13.2 Å². The fraction of sp³-hybridized carbons (Fsp3) is 0.286. The number of amidine groups is 1. The molecule has 0 amide bonds. The van der Waals surface area contributed by atoms with Gasteiger partial charge in [0.15, 0.2) is 11.5 Å². The molecule has 22 heavy (non-hydrogen) atoms. The number of hydrogen-bond acceptors (Lipinski definition) is 3. The first-order chi connectivity index (χ1) is 10.3. The molecule has 0 radical (unpaired) electrons. The summed E-state index contributed by atoms with van der Waals surface area (Å²) in [5.74, 6) is -2.88. The lowest BCUT2D eigenvalue weighted by Gasteiger charge is -2.10. The zero-order valence-corrected chi connectivity index (χ0v) is 12.1. The molecule has 0 saturated heterocycles. The van der Waals surface area contributed by atoms with Gasteiger partial charge in [-0.2, -0.15) is 5.10 Å². The zero-order valence-electron chi connectivity index (χ0n) is 12.1. The second kappa shape index (κ2) is 6.08. The maximum Gasteiger partial charge on any atom is 0.175 e. The minimum absolute atomic E-state index is 0.0397. The third-order valence-corrected chi connectivity index (χ3v) is 3.12. The summed E-state index contributed by atoms with van der Waals surface area (Å²) < 4.78 is 47.9. The Morgan fingerprint density at radius 2 is 1.91 bits per heavy atom. The Labute approximate surface area is 125 Å². The fourth-order valence-corrected chi connectivity index (χ4v) is 1.98. The molecule has 5 nitrogen and oxygen atoms in total. The zero-order chi connectivity index (χ0) is 16.4. The molecular weight excluding hydrogens is 297 g/mol. The molecule has 2 aromatic rings. The first-order valence-electron chi connectivity index (χ1n) is 6.53. The van der Waals surface area contributed by atoms with Crippen molar-refractivity contribution in [1.29, 1.82) is 5.41 Å². The second-order valence-corrected chi connectivity index (χ2v) is 4.62. The molecule has 118 valence electrons. The van der Waals surface area contributed by atoms with Crippen LogP contribution in [0.15, 0.2) is 12.1 Å². The highest BCUT2D eigenvalue weighted by Crippen LogP contribution is 2.22. The van der Waals surface area contributed by atoms with Crippen molar-refractivity contribution in [2.75, 3.05) is 6.61 Å². The Kier molecular flexibility index (Phi) is 4.39. The van der Waals surface area contributed by atoms with Gasteiger partial charge in [-0.1, -0.05) is 0 Å². The first kappa shape index (κ1) is 15.9. The van der Waals surface area contributed by atoms with Crippen molar-refractivity contribution in [3.05, 3.63) is 46.5 Å². The molecule has 0 aliphatic heterocycles. The van der Waals surface area contributed by atoms with E-state index in [2.05, 4.69) is 5.10 Å². The molecule has 1 heterocycles. The smallest absolute Gasteiger partial charge is 0.175 e. The summed E-state index contributed by atoms with van der Waals surface area (Å²) in [7, 11) is 0. The van der Waals surface area contributed by atoms with E-state index < -0.39 is 23.3 Å². The summed E-state index contributed by atoms with van der Waals surface area (Å²) in [4.78, 5) is 0. The molecule has 0 aliphatic rings. The van der Waals surface area contributed by atoms with Crippen LogP contribution >= 0.6 is 0 Å². The van der Waals surface area contributed by atoms with Gasteiger partial charge in [0.05, 0.1) is 18.8 Å². The van der Waals surface area contributed by atoms with Crippen LogP contribution in [0.3, 0.4) is 0 Å². The number of rotatable bonds is 5. The molecule has 0 unspecified atom stereocenters. The molecule has 0 atom stereocenters. The standard InChI is InChI=1S/C14H15F3N4O/c1-3-22-8-4-10(15)9(11(16)5-8)6-21-7(2)12(17)13(20-21)14(18)19/h4-5H,3,6H2,1-2H3,(H3,18,19). The average molecular weight is 312 g/mol. The summed E-state index contributed by atoms with van der Waals surface area (Å²) in [5.41, 5.74) is 4.63. The van der Waals surface area contributed by atoms with E-state index in [1.54, 1.807) is 6.92 Å². The highest BCUT2D eigenvalue weighted by molar-refractivity contribution is 5.93. The lowest BCUT2D eigenvalue weighted by molar-refractivity contribution is 0.335. The Hall–Kier alpha value is -2.51. The highest BCUT2D eigenvalue weighted by atomic mass is 19.1. The van der Waals surface area contributed by atoms with Crippen molar-refractivity contribution in [2.24, 2.45) is 5.73 Å². The van der Waals surface area contributed by atoms with E-state index in [-0.39, 0.29) is 35.9 Å². The molecule has 2 rings (SSSR count). The van der Waals surface area contributed by atoms with Crippen LogP contribution in [-0.4, -0.2) is 22.2 Å². The third-order valence-electron chi connectivity index (χ3n) is 3.12. The van der Waals surface area contributed by atoms with Gasteiger partial charge in [-0.15, -0.1) is 0 Å². The molecule has 3 N–H and O–H groups in total. The van der Waals surface area contributed by atoms with Crippen LogP contribution in [0.2, 0.25) is 0 Å². The van der Waals surface area contributed by atoms with Crippen LogP contribution in [0.25, 0.3) is 0 Å². The van der Waals surface area contributed by atoms with E-state index in [1.165, 1.54) is 6.92 Å². The van der Waals surface area contributed by atoms with Crippen LogP contribution in [0, 0.1) is 29.8 Å². The van der Waals surface area contributed by atoms with Crippen LogP contribution in [0.1, 0.15) is 23.9 Å². The summed E-state index contributed by atoms with van der Waals surface area (Å²) in [5, 5.41) is 11.0. The van der Waals surface area contributed by atoms with Gasteiger partial charge in [-0.25, -0.2) is 13.2 Å². The third kappa shape index (κ3) is 2.90. The predicted octanol–water partition coefficient (Wildman–Crippen LogP) is 2.34.